The zero-order valence-electron chi connectivity index (χ0n) is 13.5. The van der Waals surface area contributed by atoms with Gasteiger partial charge in [0, 0.05) is 39.3 Å². The minimum absolute atomic E-state index is 0.309. The molecule has 0 amide bonds. The Hall–Kier alpha value is -0.160. The molecule has 0 fully saturated rings. The molecule has 0 radical (unpaired) electrons. The molecule has 0 heterocycles. The van der Waals surface area contributed by atoms with Crippen LogP contribution in [-0.4, -0.2) is 62.0 Å². The van der Waals surface area contributed by atoms with Crippen molar-refractivity contribution in [3.63, 3.8) is 0 Å². The monoisotopic (exact) mass is 274 g/mol. The zero-order valence-corrected chi connectivity index (χ0v) is 13.5. The van der Waals surface area contributed by atoms with Gasteiger partial charge in [-0.25, -0.2) is 0 Å². The van der Waals surface area contributed by atoms with Crippen LogP contribution in [0.1, 0.15) is 40.5 Å². The van der Waals surface area contributed by atoms with Gasteiger partial charge in [0.1, 0.15) is 0 Å². The van der Waals surface area contributed by atoms with Crippen molar-refractivity contribution in [1.29, 1.82) is 0 Å². The molecular formula is C15H34N2O2. The summed E-state index contributed by atoms with van der Waals surface area (Å²) in [4.78, 5) is 2.44. The number of nitrogens with one attached hydrogen (secondary N) is 1. The van der Waals surface area contributed by atoms with Gasteiger partial charge in [0.15, 0.2) is 0 Å². The summed E-state index contributed by atoms with van der Waals surface area (Å²) in [7, 11) is 1.69. The van der Waals surface area contributed by atoms with Crippen molar-refractivity contribution in [2.75, 3.05) is 39.9 Å². The lowest BCUT2D eigenvalue weighted by Gasteiger charge is -2.33. The van der Waals surface area contributed by atoms with E-state index in [4.69, 9.17) is 4.74 Å². The van der Waals surface area contributed by atoms with Gasteiger partial charge in [-0.3, -0.25) is 4.90 Å². The van der Waals surface area contributed by atoms with Gasteiger partial charge in [-0.05, 0) is 18.8 Å². The van der Waals surface area contributed by atoms with Gasteiger partial charge in [-0.2, -0.15) is 0 Å². The Kier molecular flexibility index (Phi) is 11.6. The van der Waals surface area contributed by atoms with E-state index in [-0.39, 0.29) is 6.10 Å². The van der Waals surface area contributed by atoms with E-state index in [0.717, 1.165) is 32.5 Å². The molecule has 0 bridgehead atoms. The summed E-state index contributed by atoms with van der Waals surface area (Å²) in [6, 6.07) is 0.580. The van der Waals surface area contributed by atoms with Crippen LogP contribution < -0.4 is 5.32 Å². The summed E-state index contributed by atoms with van der Waals surface area (Å²) in [5, 5.41) is 13.3. The predicted octanol–water partition coefficient (Wildman–Crippen LogP) is 1.73. The summed E-state index contributed by atoms with van der Waals surface area (Å²) >= 11 is 0. The third-order valence-electron chi connectivity index (χ3n) is 3.37. The average Bonchev–Trinajstić information content (AvgIpc) is 2.35. The molecular weight excluding hydrogens is 240 g/mol. The summed E-state index contributed by atoms with van der Waals surface area (Å²) < 4.78 is 4.98. The highest BCUT2D eigenvalue weighted by Gasteiger charge is 2.19. The van der Waals surface area contributed by atoms with E-state index in [1.54, 1.807) is 7.11 Å². The largest absolute Gasteiger partial charge is 0.390 e. The van der Waals surface area contributed by atoms with E-state index in [1.807, 2.05) is 0 Å². The standard InChI is InChI=1S/C15H34N2O2/c1-6-14(7-2)17(11-13(3)4)12-15(18)10-16-8-9-19-5/h13-16,18H,6-12H2,1-5H3. The topological polar surface area (TPSA) is 44.7 Å². The number of ether oxygens (including phenoxy) is 1. The van der Waals surface area contributed by atoms with Gasteiger partial charge in [-0.15, -0.1) is 0 Å². The second kappa shape index (κ2) is 11.6. The fraction of sp³-hybridized carbons (Fsp3) is 1.00. The third kappa shape index (κ3) is 9.38. The quantitative estimate of drug-likeness (QED) is 0.532. The van der Waals surface area contributed by atoms with Gasteiger partial charge < -0.3 is 15.2 Å². The van der Waals surface area contributed by atoms with Gasteiger partial charge in [-0.1, -0.05) is 27.7 Å². The lowest BCUT2D eigenvalue weighted by molar-refractivity contribution is 0.0736. The highest BCUT2D eigenvalue weighted by atomic mass is 16.5. The summed E-state index contributed by atoms with van der Waals surface area (Å²) in [5.74, 6) is 0.634. The molecule has 0 rings (SSSR count). The molecule has 0 aromatic carbocycles. The first-order chi connectivity index (χ1) is 9.04. The van der Waals surface area contributed by atoms with Crippen molar-refractivity contribution in [1.82, 2.24) is 10.2 Å². The second-order valence-electron chi connectivity index (χ2n) is 5.67. The average molecular weight is 274 g/mol. The van der Waals surface area contributed by atoms with E-state index in [0.29, 0.717) is 25.1 Å². The number of hydrogen-bond acceptors (Lipinski definition) is 4. The second-order valence-corrected chi connectivity index (χ2v) is 5.67. The molecule has 0 aliphatic carbocycles. The number of aliphatic hydroxyl groups excluding tert-OH is 1. The Morgan fingerprint density at radius 1 is 1.16 bits per heavy atom. The SMILES string of the molecule is CCC(CC)N(CC(C)C)CC(O)CNCCOC. The maximum atomic E-state index is 10.1. The smallest absolute Gasteiger partial charge is 0.0791 e. The van der Waals surface area contributed by atoms with E-state index in [9.17, 15) is 5.11 Å². The lowest BCUT2D eigenvalue weighted by atomic mass is 10.1. The molecule has 0 spiro atoms. The fourth-order valence-corrected chi connectivity index (χ4v) is 2.42. The van der Waals surface area contributed by atoms with Gasteiger partial charge in [0.05, 0.1) is 12.7 Å². The Labute approximate surface area is 119 Å². The third-order valence-corrected chi connectivity index (χ3v) is 3.37. The van der Waals surface area contributed by atoms with Crippen LogP contribution in [0.2, 0.25) is 0 Å². The summed E-state index contributed by atoms with van der Waals surface area (Å²) in [6.07, 6.45) is 1.98. The van der Waals surface area contributed by atoms with Crippen molar-refractivity contribution in [3.8, 4) is 0 Å². The van der Waals surface area contributed by atoms with E-state index in [1.165, 1.54) is 0 Å². The van der Waals surface area contributed by atoms with E-state index >= 15 is 0 Å². The molecule has 1 atom stereocenters. The van der Waals surface area contributed by atoms with Crippen LogP contribution in [0, 0.1) is 5.92 Å². The van der Waals surface area contributed by atoms with Gasteiger partial charge in [0.2, 0.25) is 0 Å². The minimum Gasteiger partial charge on any atom is -0.390 e. The molecule has 0 aliphatic heterocycles. The van der Waals surface area contributed by atoms with Crippen molar-refractivity contribution < 1.29 is 9.84 Å². The van der Waals surface area contributed by atoms with Crippen molar-refractivity contribution >= 4 is 0 Å². The maximum Gasteiger partial charge on any atom is 0.0791 e. The van der Waals surface area contributed by atoms with Crippen LogP contribution in [0.4, 0.5) is 0 Å². The molecule has 0 aliphatic rings. The number of aliphatic hydroxyl groups is 1. The minimum atomic E-state index is -0.309. The first-order valence-corrected chi connectivity index (χ1v) is 7.66. The summed E-state index contributed by atoms with van der Waals surface area (Å²) in [6.45, 7) is 12.9. The number of hydrogen-bond donors (Lipinski definition) is 2. The van der Waals surface area contributed by atoms with E-state index < -0.39 is 0 Å². The maximum absolute atomic E-state index is 10.1. The molecule has 0 aromatic rings. The van der Waals surface area contributed by atoms with Crippen LogP contribution >= 0.6 is 0 Å². The zero-order chi connectivity index (χ0) is 14.7. The van der Waals surface area contributed by atoms with Crippen molar-refractivity contribution in [3.05, 3.63) is 0 Å². The number of methoxy groups -OCH3 is 1. The van der Waals surface area contributed by atoms with Crippen LogP contribution in [0.25, 0.3) is 0 Å². The fourth-order valence-electron chi connectivity index (χ4n) is 2.42. The van der Waals surface area contributed by atoms with Crippen LogP contribution in [0.5, 0.6) is 0 Å². The molecule has 1 unspecified atom stereocenters. The first kappa shape index (κ1) is 18.8. The molecule has 19 heavy (non-hydrogen) atoms. The lowest BCUT2D eigenvalue weighted by Crippen LogP contribution is -2.45. The van der Waals surface area contributed by atoms with E-state index in [2.05, 4.69) is 37.9 Å². The molecule has 116 valence electrons. The number of rotatable bonds is 12. The highest BCUT2D eigenvalue weighted by molar-refractivity contribution is 4.74. The Bertz CT molecular complexity index is 197. The number of nitrogens with zero attached hydrogens (tertiary/aromatic N) is 1. The Balaban J connectivity index is 4.14. The molecule has 2 N–H and O–H groups in total. The normalized spacial score (nSPS) is 13.7. The molecule has 0 saturated carbocycles. The van der Waals surface area contributed by atoms with Crippen LogP contribution in [0.3, 0.4) is 0 Å². The van der Waals surface area contributed by atoms with Gasteiger partial charge >= 0.3 is 0 Å². The van der Waals surface area contributed by atoms with Crippen molar-refractivity contribution in [2.45, 2.75) is 52.7 Å². The first-order valence-electron chi connectivity index (χ1n) is 7.66. The predicted molar refractivity (Wildman–Crippen MR) is 81.5 cm³/mol. The highest BCUT2D eigenvalue weighted by Crippen LogP contribution is 2.12. The molecule has 4 nitrogen and oxygen atoms in total. The van der Waals surface area contributed by atoms with Crippen LogP contribution in [0.15, 0.2) is 0 Å². The molecule has 4 heteroatoms. The van der Waals surface area contributed by atoms with Crippen LogP contribution in [-0.2, 0) is 4.74 Å². The van der Waals surface area contributed by atoms with Gasteiger partial charge in [0.25, 0.3) is 0 Å². The van der Waals surface area contributed by atoms with Crippen molar-refractivity contribution in [2.24, 2.45) is 5.92 Å². The Morgan fingerprint density at radius 3 is 2.26 bits per heavy atom. The Morgan fingerprint density at radius 2 is 1.79 bits per heavy atom. The summed E-state index contributed by atoms with van der Waals surface area (Å²) in [5.41, 5.74) is 0. The molecule has 0 aromatic heterocycles. The molecule has 0 saturated heterocycles.